The molecule has 1 aliphatic rings. The molecule has 0 aromatic heterocycles. The number of primary amides is 1. The maximum absolute atomic E-state index is 11.4. The van der Waals surface area contributed by atoms with Gasteiger partial charge in [-0.3, -0.25) is 9.69 Å². The average Bonchev–Trinajstić information content (AvgIpc) is 3.04. The molecule has 0 bridgehead atoms. The Morgan fingerprint density at radius 1 is 1.35 bits per heavy atom. The van der Waals surface area contributed by atoms with E-state index in [4.69, 9.17) is 17.3 Å². The van der Waals surface area contributed by atoms with Crippen LogP contribution in [0.2, 0.25) is 5.02 Å². The van der Waals surface area contributed by atoms with Crippen LogP contribution >= 0.6 is 11.6 Å². The van der Waals surface area contributed by atoms with E-state index < -0.39 is 5.91 Å². The van der Waals surface area contributed by atoms with E-state index >= 15 is 0 Å². The first-order valence-corrected chi connectivity index (χ1v) is 9.11. The van der Waals surface area contributed by atoms with Crippen LogP contribution in [-0.2, 0) is 0 Å². The lowest BCUT2D eigenvalue weighted by molar-refractivity contribution is 0.100. The Hall–Kier alpha value is -2.08. The van der Waals surface area contributed by atoms with Gasteiger partial charge < -0.3 is 15.7 Å². The summed E-state index contributed by atoms with van der Waals surface area (Å²) < 4.78 is 0. The number of benzene rings is 2. The van der Waals surface area contributed by atoms with Crippen molar-refractivity contribution in [2.75, 3.05) is 31.6 Å². The first kappa shape index (κ1) is 18.7. The summed E-state index contributed by atoms with van der Waals surface area (Å²) in [5.41, 5.74) is 7.77. The smallest absolute Gasteiger partial charge is 0.250 e. The normalized spacial score (nSPS) is 18.7. The van der Waals surface area contributed by atoms with E-state index in [9.17, 15) is 9.90 Å². The number of halogens is 1. The Kier molecular flexibility index (Phi) is 5.81. The molecule has 6 heteroatoms. The number of likely N-dealkylation sites (N-methyl/N-ethyl adjacent to an activating group) is 1. The molecule has 3 N–H and O–H groups in total. The molecule has 1 saturated heterocycles. The van der Waals surface area contributed by atoms with Crippen molar-refractivity contribution in [1.82, 2.24) is 4.90 Å². The average molecular weight is 374 g/mol. The largest absolute Gasteiger partial charge is 0.392 e. The molecule has 1 amide bonds. The lowest BCUT2D eigenvalue weighted by Gasteiger charge is -2.34. The number of likely N-dealkylation sites (tertiary alicyclic amines) is 1. The molecule has 26 heavy (non-hydrogen) atoms. The minimum atomic E-state index is -0.533. The number of nitrogens with two attached hydrogens (primary N) is 1. The van der Waals surface area contributed by atoms with Gasteiger partial charge in [0.05, 0.1) is 22.7 Å². The second kappa shape index (κ2) is 8.08. The molecule has 2 aromatic carbocycles. The van der Waals surface area contributed by atoms with Crippen molar-refractivity contribution >= 4 is 23.2 Å². The van der Waals surface area contributed by atoms with Crippen LogP contribution in [0.25, 0.3) is 0 Å². The van der Waals surface area contributed by atoms with E-state index in [0.29, 0.717) is 17.1 Å². The fraction of sp³-hybridized carbons (Fsp3) is 0.350. The summed E-state index contributed by atoms with van der Waals surface area (Å²) in [6, 6.07) is 15.7. The Balaban J connectivity index is 1.88. The second-order valence-corrected chi connectivity index (χ2v) is 7.18. The lowest BCUT2D eigenvalue weighted by Crippen LogP contribution is -2.36. The van der Waals surface area contributed by atoms with Gasteiger partial charge in [0.15, 0.2) is 0 Å². The third-order valence-electron chi connectivity index (χ3n) is 4.96. The Labute approximate surface area is 159 Å². The number of carbonyl (C=O) groups is 1. The van der Waals surface area contributed by atoms with E-state index in [0.717, 1.165) is 25.2 Å². The van der Waals surface area contributed by atoms with Crippen LogP contribution in [0.4, 0.5) is 5.69 Å². The number of hydrogen-bond acceptors (Lipinski definition) is 4. The van der Waals surface area contributed by atoms with Crippen LogP contribution in [0, 0.1) is 0 Å². The zero-order chi connectivity index (χ0) is 18.7. The zero-order valence-corrected chi connectivity index (χ0v) is 15.6. The monoisotopic (exact) mass is 373 g/mol. The van der Waals surface area contributed by atoms with Gasteiger partial charge in [-0.25, -0.2) is 0 Å². The molecule has 0 unspecified atom stereocenters. The van der Waals surface area contributed by atoms with Gasteiger partial charge in [-0.2, -0.15) is 0 Å². The minimum absolute atomic E-state index is 0.0944. The van der Waals surface area contributed by atoms with E-state index in [1.54, 1.807) is 12.1 Å². The SMILES string of the molecule is CN(c1ccc(C(N)=O)c(Cl)c1)[C@H](CN1CC[C@H](O)C1)c1ccccc1. The highest BCUT2D eigenvalue weighted by molar-refractivity contribution is 6.34. The van der Waals surface area contributed by atoms with Crippen LogP contribution in [0.3, 0.4) is 0 Å². The molecule has 1 aliphatic heterocycles. The molecule has 1 fully saturated rings. The van der Waals surface area contributed by atoms with Crippen molar-refractivity contribution in [3.63, 3.8) is 0 Å². The van der Waals surface area contributed by atoms with Crippen LogP contribution in [0.15, 0.2) is 48.5 Å². The molecular weight excluding hydrogens is 350 g/mol. The van der Waals surface area contributed by atoms with Crippen molar-refractivity contribution in [3.8, 4) is 0 Å². The van der Waals surface area contributed by atoms with Crippen molar-refractivity contribution < 1.29 is 9.90 Å². The number of β-amino-alcohol motifs (C(OH)–C–C–N with tert-alkyl or cyclic N) is 1. The number of carbonyl (C=O) groups excluding carboxylic acids is 1. The number of aliphatic hydroxyl groups excluding tert-OH is 1. The summed E-state index contributed by atoms with van der Waals surface area (Å²) in [6.07, 6.45) is 0.561. The second-order valence-electron chi connectivity index (χ2n) is 6.77. The van der Waals surface area contributed by atoms with Gasteiger partial charge in [0, 0.05) is 32.4 Å². The first-order chi connectivity index (χ1) is 12.5. The molecule has 3 rings (SSSR count). The van der Waals surface area contributed by atoms with Gasteiger partial charge in [-0.05, 0) is 30.2 Å². The minimum Gasteiger partial charge on any atom is -0.392 e. The third-order valence-corrected chi connectivity index (χ3v) is 5.27. The summed E-state index contributed by atoms with van der Waals surface area (Å²) in [5.74, 6) is -0.533. The predicted molar refractivity (Wildman–Crippen MR) is 105 cm³/mol. The molecular formula is C20H24ClN3O2. The van der Waals surface area contributed by atoms with Gasteiger partial charge in [-0.15, -0.1) is 0 Å². The van der Waals surface area contributed by atoms with Gasteiger partial charge in [0.25, 0.3) is 0 Å². The highest BCUT2D eigenvalue weighted by Crippen LogP contribution is 2.30. The van der Waals surface area contributed by atoms with Gasteiger partial charge in [-0.1, -0.05) is 41.9 Å². The summed E-state index contributed by atoms with van der Waals surface area (Å²) >= 11 is 6.24. The molecule has 5 nitrogen and oxygen atoms in total. The molecule has 0 radical (unpaired) electrons. The van der Waals surface area contributed by atoms with Crippen LogP contribution in [0.5, 0.6) is 0 Å². The molecule has 0 spiro atoms. The maximum atomic E-state index is 11.4. The van der Waals surface area contributed by atoms with Crippen molar-refractivity contribution in [3.05, 3.63) is 64.7 Å². The number of amides is 1. The van der Waals surface area contributed by atoms with Gasteiger partial charge in [0.1, 0.15) is 0 Å². The van der Waals surface area contributed by atoms with E-state index in [-0.39, 0.29) is 12.1 Å². The Bertz CT molecular complexity index is 769. The number of aliphatic hydroxyl groups is 1. The molecule has 138 valence electrons. The van der Waals surface area contributed by atoms with Gasteiger partial charge >= 0.3 is 0 Å². The highest BCUT2D eigenvalue weighted by Gasteiger charge is 2.26. The van der Waals surface area contributed by atoms with Crippen molar-refractivity contribution in [2.45, 2.75) is 18.6 Å². The molecule has 0 saturated carbocycles. The van der Waals surface area contributed by atoms with Crippen LogP contribution in [0.1, 0.15) is 28.4 Å². The topological polar surface area (TPSA) is 69.8 Å². The Morgan fingerprint density at radius 3 is 2.65 bits per heavy atom. The number of rotatable bonds is 6. The first-order valence-electron chi connectivity index (χ1n) is 8.73. The van der Waals surface area contributed by atoms with Crippen molar-refractivity contribution in [1.29, 1.82) is 0 Å². The Morgan fingerprint density at radius 2 is 2.08 bits per heavy atom. The molecule has 2 aromatic rings. The van der Waals surface area contributed by atoms with Crippen molar-refractivity contribution in [2.24, 2.45) is 5.73 Å². The quantitative estimate of drug-likeness (QED) is 0.816. The number of hydrogen-bond donors (Lipinski definition) is 2. The highest BCUT2D eigenvalue weighted by atomic mass is 35.5. The van der Waals surface area contributed by atoms with Crippen LogP contribution in [-0.4, -0.2) is 48.7 Å². The lowest BCUT2D eigenvalue weighted by atomic mass is 10.0. The maximum Gasteiger partial charge on any atom is 0.250 e. The summed E-state index contributed by atoms with van der Waals surface area (Å²) in [4.78, 5) is 15.8. The molecule has 0 aliphatic carbocycles. The fourth-order valence-electron chi connectivity index (χ4n) is 3.45. The standard InChI is InChI=1S/C20H24ClN3O2/c1-23(15-7-8-17(20(22)26)18(21)11-15)19(14-5-3-2-4-6-14)13-24-10-9-16(25)12-24/h2-8,11,16,19,25H,9-10,12-13H2,1H3,(H2,22,26)/t16-,19+/m0/s1. The zero-order valence-electron chi connectivity index (χ0n) is 14.8. The summed E-state index contributed by atoms with van der Waals surface area (Å²) in [5, 5.41) is 10.2. The van der Waals surface area contributed by atoms with Gasteiger partial charge in [0.2, 0.25) is 5.91 Å². The number of anilines is 1. The predicted octanol–water partition coefficient (Wildman–Crippen LogP) is 2.68. The molecule has 1 heterocycles. The third kappa shape index (κ3) is 4.18. The van der Waals surface area contributed by atoms with E-state index in [1.165, 1.54) is 5.56 Å². The summed E-state index contributed by atoms with van der Waals surface area (Å²) in [7, 11) is 2.01. The fourth-order valence-corrected chi connectivity index (χ4v) is 3.72. The van der Waals surface area contributed by atoms with Crippen LogP contribution < -0.4 is 10.6 Å². The molecule has 2 atom stereocenters. The van der Waals surface area contributed by atoms with E-state index in [1.807, 2.05) is 31.3 Å². The summed E-state index contributed by atoms with van der Waals surface area (Å²) in [6.45, 7) is 2.38. The van der Waals surface area contributed by atoms with E-state index in [2.05, 4.69) is 21.9 Å². The number of nitrogens with zero attached hydrogens (tertiary/aromatic N) is 2.